The molecule has 0 radical (unpaired) electrons. The number of nitrogens with one attached hydrogen (secondary N) is 1. The van der Waals surface area contributed by atoms with Crippen LogP contribution in [-0.2, 0) is 4.74 Å². The minimum Gasteiger partial charge on any atom is -0.389 e. The zero-order valence-corrected chi connectivity index (χ0v) is 12.4. The van der Waals surface area contributed by atoms with E-state index in [2.05, 4.69) is 17.4 Å². The predicted molar refractivity (Wildman–Crippen MR) is 81.7 cm³/mol. The Labute approximate surface area is 122 Å². The van der Waals surface area contributed by atoms with Gasteiger partial charge in [-0.25, -0.2) is 0 Å². The maximum absolute atomic E-state index is 9.99. The molecule has 1 saturated carbocycles. The number of rotatable bonds is 7. The molecular formula is C17H27NO2. The zero-order valence-electron chi connectivity index (χ0n) is 12.4. The van der Waals surface area contributed by atoms with Crippen LogP contribution in [-0.4, -0.2) is 30.4 Å². The third-order valence-corrected chi connectivity index (χ3v) is 4.05. The molecule has 0 heterocycles. The molecule has 0 aliphatic heterocycles. The highest BCUT2D eigenvalue weighted by Gasteiger charge is 2.15. The van der Waals surface area contributed by atoms with E-state index in [1.807, 2.05) is 25.1 Å². The monoisotopic (exact) mass is 277 g/mol. The smallest absolute Gasteiger partial charge is 0.0898 e. The molecule has 3 heteroatoms. The van der Waals surface area contributed by atoms with E-state index in [1.54, 1.807) is 0 Å². The van der Waals surface area contributed by atoms with Gasteiger partial charge >= 0.3 is 0 Å². The Morgan fingerprint density at radius 1 is 1.20 bits per heavy atom. The fraction of sp³-hybridized carbons (Fsp3) is 0.647. The van der Waals surface area contributed by atoms with Gasteiger partial charge < -0.3 is 15.2 Å². The zero-order chi connectivity index (χ0) is 14.2. The minimum absolute atomic E-state index is 0.0283. The molecule has 2 N–H and O–H groups in total. The quantitative estimate of drug-likeness (QED) is 0.805. The van der Waals surface area contributed by atoms with Crippen LogP contribution in [0.1, 0.15) is 50.7 Å². The molecule has 0 spiro atoms. The van der Waals surface area contributed by atoms with Crippen LogP contribution >= 0.6 is 0 Å². The lowest BCUT2D eigenvalue weighted by Gasteiger charge is -2.24. The number of aliphatic hydroxyl groups is 1. The fourth-order valence-electron chi connectivity index (χ4n) is 2.74. The summed E-state index contributed by atoms with van der Waals surface area (Å²) in [4.78, 5) is 0. The molecule has 3 nitrogen and oxygen atoms in total. The summed E-state index contributed by atoms with van der Waals surface area (Å²) in [5.41, 5.74) is 1.15. The Hall–Kier alpha value is -0.900. The first-order valence-electron chi connectivity index (χ1n) is 7.83. The van der Waals surface area contributed by atoms with Gasteiger partial charge in [0.05, 0.1) is 18.8 Å². The van der Waals surface area contributed by atoms with Gasteiger partial charge in [0.15, 0.2) is 0 Å². The Balaban J connectivity index is 1.63. The van der Waals surface area contributed by atoms with Crippen LogP contribution in [0, 0.1) is 0 Å². The Bertz CT molecular complexity index is 363. The third kappa shape index (κ3) is 5.23. The van der Waals surface area contributed by atoms with Gasteiger partial charge in [0.25, 0.3) is 0 Å². The van der Waals surface area contributed by atoms with Gasteiger partial charge in [0.1, 0.15) is 0 Å². The SMILES string of the molecule is CC(OCC(O)CNC1CCCCC1)c1ccccc1. The van der Waals surface area contributed by atoms with Crippen molar-refractivity contribution < 1.29 is 9.84 Å². The van der Waals surface area contributed by atoms with Gasteiger partial charge in [-0.2, -0.15) is 0 Å². The standard InChI is InChI=1S/C17H27NO2/c1-14(15-8-4-2-5-9-15)20-13-17(19)12-18-16-10-6-3-7-11-16/h2,4-5,8-9,14,16-19H,3,6-7,10-13H2,1H3. The molecular weight excluding hydrogens is 250 g/mol. The van der Waals surface area contributed by atoms with Crippen LogP contribution in [0.5, 0.6) is 0 Å². The maximum atomic E-state index is 9.99. The van der Waals surface area contributed by atoms with Gasteiger partial charge in [-0.1, -0.05) is 49.6 Å². The molecule has 2 unspecified atom stereocenters. The van der Waals surface area contributed by atoms with Gasteiger partial charge in [-0.3, -0.25) is 0 Å². The Morgan fingerprint density at radius 2 is 1.90 bits per heavy atom. The molecule has 0 amide bonds. The van der Waals surface area contributed by atoms with Crippen LogP contribution in [0.2, 0.25) is 0 Å². The summed E-state index contributed by atoms with van der Waals surface area (Å²) < 4.78 is 5.74. The van der Waals surface area contributed by atoms with E-state index in [0.717, 1.165) is 5.56 Å². The van der Waals surface area contributed by atoms with Crippen molar-refractivity contribution >= 4 is 0 Å². The summed E-state index contributed by atoms with van der Waals surface area (Å²) in [5.74, 6) is 0. The lowest BCUT2D eigenvalue weighted by atomic mass is 9.95. The topological polar surface area (TPSA) is 41.5 Å². The van der Waals surface area contributed by atoms with Crippen molar-refractivity contribution in [1.82, 2.24) is 5.32 Å². The summed E-state index contributed by atoms with van der Waals surface area (Å²) in [5, 5.41) is 13.4. The van der Waals surface area contributed by atoms with Crippen molar-refractivity contribution in [3.05, 3.63) is 35.9 Å². The van der Waals surface area contributed by atoms with Crippen LogP contribution < -0.4 is 5.32 Å². The number of hydrogen-bond acceptors (Lipinski definition) is 3. The summed E-state index contributed by atoms with van der Waals surface area (Å²) in [7, 11) is 0. The van der Waals surface area contributed by atoms with Gasteiger partial charge in [0.2, 0.25) is 0 Å². The van der Waals surface area contributed by atoms with E-state index in [9.17, 15) is 5.11 Å². The minimum atomic E-state index is -0.428. The van der Waals surface area contributed by atoms with E-state index in [0.29, 0.717) is 19.2 Å². The van der Waals surface area contributed by atoms with Gasteiger partial charge in [-0.15, -0.1) is 0 Å². The first-order valence-corrected chi connectivity index (χ1v) is 7.83. The van der Waals surface area contributed by atoms with E-state index in [-0.39, 0.29) is 6.10 Å². The van der Waals surface area contributed by atoms with Crippen molar-refractivity contribution in [1.29, 1.82) is 0 Å². The van der Waals surface area contributed by atoms with Crippen molar-refractivity contribution in [2.75, 3.05) is 13.2 Å². The number of hydrogen-bond donors (Lipinski definition) is 2. The van der Waals surface area contributed by atoms with E-state index >= 15 is 0 Å². The third-order valence-electron chi connectivity index (χ3n) is 4.05. The van der Waals surface area contributed by atoms with Crippen molar-refractivity contribution in [3.63, 3.8) is 0 Å². The van der Waals surface area contributed by atoms with Crippen LogP contribution in [0.3, 0.4) is 0 Å². The predicted octanol–water partition coefficient (Wildman–Crippen LogP) is 3.05. The highest BCUT2D eigenvalue weighted by Crippen LogP contribution is 2.18. The van der Waals surface area contributed by atoms with Gasteiger partial charge in [-0.05, 0) is 25.3 Å². The molecule has 1 aliphatic carbocycles. The normalized spacial score (nSPS) is 19.7. The molecule has 1 aliphatic rings. The number of ether oxygens (including phenoxy) is 1. The fourth-order valence-corrected chi connectivity index (χ4v) is 2.74. The van der Waals surface area contributed by atoms with Crippen LogP contribution in [0.25, 0.3) is 0 Å². The Kier molecular flexibility index (Phi) is 6.51. The molecule has 0 saturated heterocycles. The summed E-state index contributed by atoms with van der Waals surface area (Å²) >= 11 is 0. The molecule has 1 aromatic carbocycles. The molecule has 1 fully saturated rings. The second-order valence-corrected chi connectivity index (χ2v) is 5.78. The summed E-state index contributed by atoms with van der Waals surface area (Å²) in [6.07, 6.45) is 6.08. The summed E-state index contributed by atoms with van der Waals surface area (Å²) in [6.45, 7) is 3.04. The number of aliphatic hydroxyl groups excluding tert-OH is 1. The van der Waals surface area contributed by atoms with Crippen LogP contribution in [0.4, 0.5) is 0 Å². The van der Waals surface area contributed by atoms with Crippen molar-refractivity contribution in [3.8, 4) is 0 Å². The van der Waals surface area contributed by atoms with E-state index < -0.39 is 6.10 Å². The molecule has 0 bridgehead atoms. The Morgan fingerprint density at radius 3 is 2.60 bits per heavy atom. The van der Waals surface area contributed by atoms with Crippen molar-refractivity contribution in [2.45, 2.75) is 57.3 Å². The average molecular weight is 277 g/mol. The first-order chi connectivity index (χ1) is 9.75. The highest BCUT2D eigenvalue weighted by atomic mass is 16.5. The second kappa shape index (κ2) is 8.40. The average Bonchev–Trinajstić information content (AvgIpc) is 2.52. The molecule has 0 aromatic heterocycles. The number of benzene rings is 1. The molecule has 20 heavy (non-hydrogen) atoms. The second-order valence-electron chi connectivity index (χ2n) is 5.78. The highest BCUT2D eigenvalue weighted by molar-refractivity contribution is 5.16. The van der Waals surface area contributed by atoms with Gasteiger partial charge in [0, 0.05) is 12.6 Å². The summed E-state index contributed by atoms with van der Waals surface area (Å²) in [6, 6.07) is 10.7. The molecule has 2 atom stereocenters. The first kappa shape index (κ1) is 15.5. The largest absolute Gasteiger partial charge is 0.389 e. The van der Waals surface area contributed by atoms with E-state index in [4.69, 9.17) is 4.74 Å². The lowest BCUT2D eigenvalue weighted by molar-refractivity contribution is -0.00325. The molecule has 1 aromatic rings. The van der Waals surface area contributed by atoms with E-state index in [1.165, 1.54) is 32.1 Å². The maximum Gasteiger partial charge on any atom is 0.0898 e. The lowest BCUT2D eigenvalue weighted by Crippen LogP contribution is -2.38. The van der Waals surface area contributed by atoms with Crippen molar-refractivity contribution in [2.24, 2.45) is 0 Å². The van der Waals surface area contributed by atoms with Crippen LogP contribution in [0.15, 0.2) is 30.3 Å². The molecule has 2 rings (SSSR count). The molecule has 112 valence electrons.